The molecular formula is C36H35N5O4. The summed E-state index contributed by atoms with van der Waals surface area (Å²) in [4.78, 5) is 49.3. The highest BCUT2D eigenvalue weighted by molar-refractivity contribution is 6.12. The molecule has 0 radical (unpaired) electrons. The van der Waals surface area contributed by atoms with Crippen molar-refractivity contribution in [2.75, 3.05) is 10.2 Å². The summed E-state index contributed by atoms with van der Waals surface area (Å²) in [6, 6.07) is 28.9. The number of hydrogen-bond acceptors (Lipinski definition) is 5. The number of anilines is 3. The molecule has 0 aliphatic carbocycles. The second-order valence-corrected chi connectivity index (χ2v) is 12.4. The average Bonchev–Trinajstić information content (AvgIpc) is 3.40. The van der Waals surface area contributed by atoms with Gasteiger partial charge < -0.3 is 20.7 Å². The van der Waals surface area contributed by atoms with Crippen LogP contribution in [0.2, 0.25) is 0 Å². The van der Waals surface area contributed by atoms with Crippen LogP contribution >= 0.6 is 0 Å². The Morgan fingerprint density at radius 2 is 1.58 bits per heavy atom. The number of amides is 2. The van der Waals surface area contributed by atoms with Crippen LogP contribution in [0.3, 0.4) is 0 Å². The molecule has 9 nitrogen and oxygen atoms in total. The lowest BCUT2D eigenvalue weighted by atomic mass is 9.84. The number of rotatable bonds is 8. The molecule has 0 saturated carbocycles. The minimum atomic E-state index is -1.11. The topological polar surface area (TPSA) is 127 Å². The van der Waals surface area contributed by atoms with Crippen LogP contribution in [-0.2, 0) is 16.1 Å². The summed E-state index contributed by atoms with van der Waals surface area (Å²) >= 11 is 0. The van der Waals surface area contributed by atoms with Crippen LogP contribution in [0.15, 0.2) is 97.1 Å². The maximum absolute atomic E-state index is 14.1. The standard InChI is InChI=1S/C36H35N5O4/c1-36(2,3)32(34(44)45)41-30-15-9-6-11-25(30)27(24-10-4-5-12-26(24)33(41)43)20-31(42)37-21-22-16-18-23(19-17-22)38-35-39-28-13-7-8-14-29(28)40-35/h4-19,27,32H,20-21H2,1-3H3,(H,37,42)(H,44,45)(H2,38,39,40). The Hall–Kier alpha value is -5.44. The molecule has 2 unspecified atom stereocenters. The van der Waals surface area contributed by atoms with Crippen LogP contribution in [0.25, 0.3) is 11.0 Å². The summed E-state index contributed by atoms with van der Waals surface area (Å²) in [5.74, 6) is -1.45. The number of imidazole rings is 1. The first-order valence-electron chi connectivity index (χ1n) is 14.9. The number of aliphatic carboxylic acids is 1. The Kier molecular flexibility index (Phi) is 7.85. The van der Waals surface area contributed by atoms with Crippen LogP contribution in [-0.4, -0.2) is 38.9 Å². The molecule has 1 aliphatic heterocycles. The summed E-state index contributed by atoms with van der Waals surface area (Å²) in [5, 5.41) is 16.6. The molecule has 5 aromatic rings. The van der Waals surface area contributed by atoms with E-state index in [2.05, 4.69) is 20.6 Å². The van der Waals surface area contributed by atoms with Gasteiger partial charge in [-0.25, -0.2) is 9.78 Å². The quantitative estimate of drug-likeness (QED) is 0.159. The maximum atomic E-state index is 14.1. The third kappa shape index (κ3) is 6.02. The lowest BCUT2D eigenvalue weighted by Gasteiger charge is -2.37. The molecule has 2 atom stereocenters. The van der Waals surface area contributed by atoms with E-state index in [-0.39, 0.29) is 18.2 Å². The van der Waals surface area contributed by atoms with E-state index in [9.17, 15) is 19.5 Å². The number of carboxylic acids is 1. The smallest absolute Gasteiger partial charge is 0.327 e. The lowest BCUT2D eigenvalue weighted by Crippen LogP contribution is -2.52. The van der Waals surface area contributed by atoms with Crippen molar-refractivity contribution in [3.8, 4) is 0 Å². The van der Waals surface area contributed by atoms with E-state index in [1.165, 1.54) is 4.90 Å². The molecule has 9 heteroatoms. The molecule has 0 spiro atoms. The Labute approximate surface area is 261 Å². The number of H-pyrrole nitrogens is 1. The van der Waals surface area contributed by atoms with Crippen molar-refractivity contribution in [1.82, 2.24) is 15.3 Å². The zero-order valence-corrected chi connectivity index (χ0v) is 25.4. The highest BCUT2D eigenvalue weighted by Crippen LogP contribution is 2.43. The number of carbonyl (C=O) groups is 3. The van der Waals surface area contributed by atoms with Crippen molar-refractivity contribution in [2.24, 2.45) is 5.41 Å². The van der Waals surface area contributed by atoms with E-state index in [4.69, 9.17) is 0 Å². The second kappa shape index (κ2) is 11.9. The number of aromatic nitrogens is 2. The number of nitrogens with one attached hydrogen (secondary N) is 3. The van der Waals surface area contributed by atoms with Gasteiger partial charge in [0.15, 0.2) is 0 Å². The van der Waals surface area contributed by atoms with Crippen LogP contribution in [0.1, 0.15) is 60.2 Å². The average molecular weight is 602 g/mol. The van der Waals surface area contributed by atoms with E-state index in [0.717, 1.165) is 27.8 Å². The molecule has 0 fully saturated rings. The summed E-state index contributed by atoms with van der Waals surface area (Å²) in [5.41, 5.74) is 5.21. The van der Waals surface area contributed by atoms with Crippen LogP contribution in [0, 0.1) is 5.41 Å². The van der Waals surface area contributed by atoms with Crippen molar-refractivity contribution in [2.45, 2.75) is 45.7 Å². The van der Waals surface area contributed by atoms with Gasteiger partial charge >= 0.3 is 5.97 Å². The fraction of sp³-hybridized carbons (Fsp3) is 0.222. The van der Waals surface area contributed by atoms with Gasteiger partial charge in [-0.1, -0.05) is 81.4 Å². The predicted octanol–water partition coefficient (Wildman–Crippen LogP) is 6.60. The molecule has 4 aromatic carbocycles. The number of benzene rings is 4. The third-order valence-electron chi connectivity index (χ3n) is 8.15. The molecule has 2 amide bonds. The predicted molar refractivity (Wildman–Crippen MR) is 175 cm³/mol. The number of nitrogens with zero attached hydrogens (tertiary/aromatic N) is 2. The summed E-state index contributed by atoms with van der Waals surface area (Å²) in [6.07, 6.45) is 0.0914. The minimum absolute atomic E-state index is 0.0914. The first kappa shape index (κ1) is 29.6. The highest BCUT2D eigenvalue weighted by Gasteiger charge is 2.44. The largest absolute Gasteiger partial charge is 0.480 e. The van der Waals surface area contributed by atoms with E-state index < -0.39 is 23.3 Å². The Morgan fingerprint density at radius 3 is 2.29 bits per heavy atom. The molecule has 228 valence electrons. The molecule has 4 N–H and O–H groups in total. The van der Waals surface area contributed by atoms with Crippen molar-refractivity contribution >= 4 is 46.1 Å². The molecule has 6 rings (SSSR count). The van der Waals surface area contributed by atoms with Crippen molar-refractivity contribution < 1.29 is 19.5 Å². The normalized spacial score (nSPS) is 15.1. The van der Waals surface area contributed by atoms with Crippen LogP contribution in [0.4, 0.5) is 17.3 Å². The van der Waals surface area contributed by atoms with E-state index in [1.54, 1.807) is 24.3 Å². The summed E-state index contributed by atoms with van der Waals surface area (Å²) < 4.78 is 0. The van der Waals surface area contributed by atoms with Gasteiger partial charge in [-0.15, -0.1) is 0 Å². The lowest BCUT2D eigenvalue weighted by molar-refractivity contribution is -0.141. The number of fused-ring (bicyclic) bond motifs is 3. The zero-order valence-electron chi connectivity index (χ0n) is 25.4. The van der Waals surface area contributed by atoms with Crippen LogP contribution in [0.5, 0.6) is 0 Å². The van der Waals surface area contributed by atoms with Gasteiger partial charge in [-0.3, -0.25) is 14.5 Å². The summed E-state index contributed by atoms with van der Waals surface area (Å²) in [6.45, 7) is 5.76. The first-order valence-corrected chi connectivity index (χ1v) is 14.9. The van der Waals surface area contributed by atoms with Gasteiger partial charge in [0.25, 0.3) is 5.91 Å². The van der Waals surface area contributed by atoms with E-state index >= 15 is 0 Å². The monoisotopic (exact) mass is 601 g/mol. The second-order valence-electron chi connectivity index (χ2n) is 12.4. The van der Waals surface area contributed by atoms with Gasteiger partial charge in [-0.05, 0) is 58.5 Å². The van der Waals surface area contributed by atoms with Crippen molar-refractivity contribution in [3.63, 3.8) is 0 Å². The molecule has 0 bridgehead atoms. The van der Waals surface area contributed by atoms with Gasteiger partial charge in [0.2, 0.25) is 11.9 Å². The highest BCUT2D eigenvalue weighted by atomic mass is 16.4. The van der Waals surface area contributed by atoms with E-state index in [1.807, 2.05) is 93.6 Å². The van der Waals surface area contributed by atoms with Gasteiger partial charge in [0, 0.05) is 35.8 Å². The third-order valence-corrected chi connectivity index (χ3v) is 8.15. The Bertz CT molecular complexity index is 1860. The number of hydrogen-bond donors (Lipinski definition) is 4. The number of carboxylic acid groups (broad SMARTS) is 1. The zero-order chi connectivity index (χ0) is 31.7. The maximum Gasteiger partial charge on any atom is 0.327 e. The van der Waals surface area contributed by atoms with Gasteiger partial charge in [-0.2, -0.15) is 0 Å². The number of carbonyl (C=O) groups excluding carboxylic acids is 2. The Balaban J connectivity index is 1.21. The molecular weight excluding hydrogens is 566 g/mol. The SMILES string of the molecule is CC(C)(C)C(C(=O)O)N1C(=O)c2ccccc2C(CC(=O)NCc2ccc(Nc3nc4ccccc4[nH]3)cc2)c2ccccc21. The first-order chi connectivity index (χ1) is 21.6. The summed E-state index contributed by atoms with van der Waals surface area (Å²) in [7, 11) is 0. The fourth-order valence-electron chi connectivity index (χ4n) is 6.06. The molecule has 0 saturated heterocycles. The van der Waals surface area contributed by atoms with Gasteiger partial charge in [0.05, 0.1) is 11.0 Å². The minimum Gasteiger partial charge on any atom is -0.480 e. The number of para-hydroxylation sites is 3. The molecule has 45 heavy (non-hydrogen) atoms. The van der Waals surface area contributed by atoms with Crippen molar-refractivity contribution in [1.29, 1.82) is 0 Å². The van der Waals surface area contributed by atoms with Crippen LogP contribution < -0.4 is 15.5 Å². The Morgan fingerprint density at radius 1 is 0.911 bits per heavy atom. The molecule has 1 aromatic heterocycles. The molecule has 2 heterocycles. The van der Waals surface area contributed by atoms with Gasteiger partial charge in [0.1, 0.15) is 6.04 Å². The number of aromatic amines is 1. The fourth-order valence-corrected chi connectivity index (χ4v) is 6.06. The van der Waals surface area contributed by atoms with E-state index in [0.29, 0.717) is 29.3 Å². The molecule has 1 aliphatic rings. The van der Waals surface area contributed by atoms with Crippen molar-refractivity contribution in [3.05, 3.63) is 119 Å².